The third-order valence-corrected chi connectivity index (χ3v) is 3.94. The van der Waals surface area contributed by atoms with Crippen LogP contribution < -0.4 is 0 Å². The highest BCUT2D eigenvalue weighted by Gasteiger charge is 1.97. The first-order valence-electron chi connectivity index (χ1n) is 9.11. The minimum Gasteiger partial charge on any atom is -0.392 e. The molecule has 0 heterocycles. The third kappa shape index (κ3) is 17.3. The number of rotatable bonds is 16. The third-order valence-electron chi connectivity index (χ3n) is 3.94. The summed E-state index contributed by atoms with van der Waals surface area (Å²) in [4.78, 5) is 11.3. The molecule has 0 spiro atoms. The number of hydrogen-bond acceptors (Lipinski definition) is 2. The van der Waals surface area contributed by atoms with E-state index in [2.05, 4.69) is 6.92 Å². The maximum Gasteiger partial charge on any atom is 0.155 e. The predicted molar refractivity (Wildman–Crippen MR) is 91.5 cm³/mol. The number of allylic oxidation sites excluding steroid dienone is 1. The molecule has 0 unspecified atom stereocenters. The van der Waals surface area contributed by atoms with Crippen LogP contribution in [0.3, 0.4) is 0 Å². The summed E-state index contributed by atoms with van der Waals surface area (Å²) in [5.41, 5.74) is 0. The Balaban J connectivity index is 3.09. The minimum absolute atomic E-state index is 0.0374. The van der Waals surface area contributed by atoms with Gasteiger partial charge in [0.05, 0.1) is 6.61 Å². The van der Waals surface area contributed by atoms with Crippen molar-refractivity contribution in [2.45, 2.75) is 96.8 Å². The van der Waals surface area contributed by atoms with Gasteiger partial charge in [0.1, 0.15) is 0 Å². The molecule has 0 saturated heterocycles. The lowest BCUT2D eigenvalue weighted by Crippen LogP contribution is -1.93. The first-order valence-corrected chi connectivity index (χ1v) is 9.11. The van der Waals surface area contributed by atoms with Crippen LogP contribution in [-0.2, 0) is 4.79 Å². The monoisotopic (exact) mass is 296 g/mol. The van der Waals surface area contributed by atoms with Crippen molar-refractivity contribution >= 4 is 5.78 Å². The summed E-state index contributed by atoms with van der Waals surface area (Å²) in [6, 6.07) is 0. The van der Waals surface area contributed by atoms with Gasteiger partial charge in [-0.25, -0.2) is 0 Å². The van der Waals surface area contributed by atoms with Gasteiger partial charge < -0.3 is 5.11 Å². The van der Waals surface area contributed by atoms with Gasteiger partial charge in [0.25, 0.3) is 0 Å². The second-order valence-corrected chi connectivity index (χ2v) is 6.04. The molecule has 124 valence electrons. The molecule has 0 atom stereocenters. The van der Waals surface area contributed by atoms with E-state index in [1.54, 1.807) is 0 Å². The molecule has 2 heteroatoms. The van der Waals surface area contributed by atoms with E-state index in [1.165, 1.54) is 82.8 Å². The van der Waals surface area contributed by atoms with E-state index < -0.39 is 0 Å². The molecule has 0 rings (SSSR count). The zero-order valence-electron chi connectivity index (χ0n) is 14.1. The van der Waals surface area contributed by atoms with Crippen LogP contribution in [0.15, 0.2) is 12.2 Å². The highest BCUT2D eigenvalue weighted by Crippen LogP contribution is 2.13. The van der Waals surface area contributed by atoms with Crippen molar-refractivity contribution in [3.8, 4) is 0 Å². The molecule has 0 amide bonds. The molecule has 1 N–H and O–H groups in total. The van der Waals surface area contributed by atoms with Crippen molar-refractivity contribution in [3.05, 3.63) is 12.2 Å². The van der Waals surface area contributed by atoms with Gasteiger partial charge in [-0.3, -0.25) is 4.79 Å². The van der Waals surface area contributed by atoms with E-state index in [1.807, 2.05) is 0 Å². The summed E-state index contributed by atoms with van der Waals surface area (Å²) >= 11 is 0. The van der Waals surface area contributed by atoms with Gasteiger partial charge in [0.15, 0.2) is 5.78 Å². The SMILES string of the molecule is CCCCCCCCCCCCCCCC(=O)/C=C/CO. The Morgan fingerprint density at radius 3 is 1.62 bits per heavy atom. The first kappa shape index (κ1) is 20.4. The molecule has 21 heavy (non-hydrogen) atoms. The van der Waals surface area contributed by atoms with Crippen LogP contribution in [0.5, 0.6) is 0 Å². The Bertz CT molecular complexity index is 246. The average Bonchev–Trinajstić information content (AvgIpc) is 2.49. The van der Waals surface area contributed by atoms with E-state index in [9.17, 15) is 4.79 Å². The largest absolute Gasteiger partial charge is 0.392 e. The van der Waals surface area contributed by atoms with Crippen LogP contribution in [-0.4, -0.2) is 17.5 Å². The van der Waals surface area contributed by atoms with Crippen LogP contribution in [0.1, 0.15) is 96.8 Å². The normalized spacial score (nSPS) is 11.3. The fourth-order valence-electron chi connectivity index (χ4n) is 2.58. The summed E-state index contributed by atoms with van der Waals surface area (Å²) in [6.45, 7) is 2.23. The fourth-order valence-corrected chi connectivity index (χ4v) is 2.58. The Labute approximate surface area is 132 Å². The molecular weight excluding hydrogens is 260 g/mol. The standard InChI is InChI=1S/C19H36O2/c1-2-3-4-5-6-7-8-9-10-11-12-13-14-16-19(21)17-15-18-20/h15,17,20H,2-14,16,18H2,1H3/b17-15+. The van der Waals surface area contributed by atoms with Crippen molar-refractivity contribution in [3.63, 3.8) is 0 Å². The van der Waals surface area contributed by atoms with Crippen LogP contribution >= 0.6 is 0 Å². The van der Waals surface area contributed by atoms with Gasteiger partial charge in [-0.2, -0.15) is 0 Å². The minimum atomic E-state index is -0.0374. The van der Waals surface area contributed by atoms with E-state index in [0.29, 0.717) is 6.42 Å². The Hall–Kier alpha value is -0.630. The van der Waals surface area contributed by atoms with Crippen LogP contribution in [0.4, 0.5) is 0 Å². The van der Waals surface area contributed by atoms with E-state index in [-0.39, 0.29) is 12.4 Å². The number of unbranched alkanes of at least 4 members (excludes halogenated alkanes) is 12. The molecule has 0 aromatic carbocycles. The Morgan fingerprint density at radius 1 is 0.762 bits per heavy atom. The zero-order valence-corrected chi connectivity index (χ0v) is 14.1. The van der Waals surface area contributed by atoms with E-state index in [0.717, 1.165) is 12.8 Å². The number of aliphatic hydroxyl groups is 1. The maximum atomic E-state index is 11.3. The molecule has 2 nitrogen and oxygen atoms in total. The van der Waals surface area contributed by atoms with Crippen molar-refractivity contribution < 1.29 is 9.90 Å². The predicted octanol–water partition coefficient (Wildman–Crippen LogP) is 5.59. The summed E-state index contributed by atoms with van der Waals surface area (Å²) in [7, 11) is 0. The Morgan fingerprint density at radius 2 is 1.19 bits per heavy atom. The Kier molecular flexibility index (Phi) is 16.9. The number of carbonyl (C=O) groups is 1. The summed E-state index contributed by atoms with van der Waals surface area (Å²) in [6.07, 6.45) is 20.9. The topological polar surface area (TPSA) is 37.3 Å². The lowest BCUT2D eigenvalue weighted by Gasteiger charge is -2.02. The van der Waals surface area contributed by atoms with E-state index >= 15 is 0 Å². The van der Waals surface area contributed by atoms with Gasteiger partial charge >= 0.3 is 0 Å². The first-order chi connectivity index (χ1) is 10.3. The van der Waals surface area contributed by atoms with Crippen LogP contribution in [0.25, 0.3) is 0 Å². The van der Waals surface area contributed by atoms with Crippen molar-refractivity contribution in [2.75, 3.05) is 6.61 Å². The molecule has 0 aliphatic heterocycles. The molecule has 0 aromatic heterocycles. The van der Waals surface area contributed by atoms with Crippen molar-refractivity contribution in [2.24, 2.45) is 0 Å². The summed E-state index contributed by atoms with van der Waals surface area (Å²) < 4.78 is 0. The molecule has 0 aliphatic carbocycles. The van der Waals surface area contributed by atoms with E-state index in [4.69, 9.17) is 5.11 Å². The lowest BCUT2D eigenvalue weighted by molar-refractivity contribution is -0.114. The smallest absolute Gasteiger partial charge is 0.155 e. The quantitative estimate of drug-likeness (QED) is 0.298. The number of hydrogen-bond donors (Lipinski definition) is 1. The second kappa shape index (κ2) is 17.4. The second-order valence-electron chi connectivity index (χ2n) is 6.04. The van der Waals surface area contributed by atoms with Gasteiger partial charge in [-0.05, 0) is 12.5 Å². The summed E-state index contributed by atoms with van der Waals surface area (Å²) in [5.74, 6) is 0.145. The fraction of sp³-hybridized carbons (Fsp3) is 0.842. The zero-order chi connectivity index (χ0) is 15.6. The molecule has 0 aliphatic rings. The molecule has 0 aromatic rings. The molecule has 0 bridgehead atoms. The maximum absolute atomic E-state index is 11.3. The van der Waals surface area contributed by atoms with Gasteiger partial charge in [-0.1, -0.05) is 90.0 Å². The number of aliphatic hydroxyl groups excluding tert-OH is 1. The van der Waals surface area contributed by atoms with Crippen molar-refractivity contribution in [1.82, 2.24) is 0 Å². The molecule has 0 saturated carbocycles. The summed E-state index contributed by atoms with van der Waals surface area (Å²) in [5, 5.41) is 8.56. The highest BCUT2D eigenvalue weighted by molar-refractivity contribution is 5.89. The number of ketones is 1. The molecule has 0 fully saturated rings. The van der Waals surface area contributed by atoms with Gasteiger partial charge in [0, 0.05) is 6.42 Å². The van der Waals surface area contributed by atoms with Gasteiger partial charge in [0.2, 0.25) is 0 Å². The van der Waals surface area contributed by atoms with Gasteiger partial charge in [-0.15, -0.1) is 0 Å². The average molecular weight is 296 g/mol. The molecule has 0 radical (unpaired) electrons. The number of carbonyl (C=O) groups excluding carboxylic acids is 1. The van der Waals surface area contributed by atoms with Crippen molar-refractivity contribution in [1.29, 1.82) is 0 Å². The highest BCUT2D eigenvalue weighted by atomic mass is 16.2. The van der Waals surface area contributed by atoms with Crippen LogP contribution in [0.2, 0.25) is 0 Å². The lowest BCUT2D eigenvalue weighted by atomic mass is 10.0. The van der Waals surface area contributed by atoms with Crippen LogP contribution in [0, 0.1) is 0 Å². The molecular formula is C19H36O2.